The Balaban J connectivity index is 1.64. The maximum Gasteiger partial charge on any atom is 0.221 e. The average molecular weight is 421 g/mol. The van der Waals surface area contributed by atoms with Crippen LogP contribution < -0.4 is 10.2 Å². The molecule has 2 N–H and O–H groups in total. The van der Waals surface area contributed by atoms with Crippen molar-refractivity contribution in [1.29, 1.82) is 0 Å². The number of carbonyl (C=O) groups is 1. The summed E-state index contributed by atoms with van der Waals surface area (Å²) in [4.78, 5) is 22.3. The van der Waals surface area contributed by atoms with Gasteiger partial charge in [-0.05, 0) is 31.0 Å². The molecule has 2 aliphatic heterocycles. The largest absolute Gasteiger partial charge is 0.381 e. The lowest BCUT2D eigenvalue weighted by Gasteiger charge is -2.33. The van der Waals surface area contributed by atoms with Crippen LogP contribution in [0.1, 0.15) is 25.0 Å². The van der Waals surface area contributed by atoms with Crippen LogP contribution in [0.4, 0.5) is 5.69 Å². The molecule has 1 aromatic carbocycles. The van der Waals surface area contributed by atoms with Gasteiger partial charge < -0.3 is 19.9 Å². The Bertz CT molecular complexity index is 907. The normalized spacial score (nSPS) is 20.4. The fourth-order valence-electron chi connectivity index (χ4n) is 3.84. The topological polar surface area (TPSA) is 69.7 Å². The monoisotopic (exact) mass is 420 g/mol. The van der Waals surface area contributed by atoms with E-state index in [1.165, 1.54) is 0 Å². The van der Waals surface area contributed by atoms with Crippen LogP contribution in [0.15, 0.2) is 23.2 Å². The van der Waals surface area contributed by atoms with Gasteiger partial charge in [-0.3, -0.25) is 9.79 Å². The molecule has 0 radical (unpaired) electrons. The van der Waals surface area contributed by atoms with Crippen LogP contribution in [0.25, 0.3) is 10.9 Å². The van der Waals surface area contributed by atoms with E-state index in [0.717, 1.165) is 64.2 Å². The quantitative estimate of drug-likeness (QED) is 0.777. The predicted octanol–water partition coefficient (Wildman–Crippen LogP) is 3.43. The number of fused-ring (bicyclic) bond motifs is 1. The number of carbonyl (C=O) groups excluding carboxylic acids is 1. The first-order valence-corrected chi connectivity index (χ1v) is 11.0. The van der Waals surface area contributed by atoms with E-state index < -0.39 is 0 Å². The zero-order valence-electron chi connectivity index (χ0n) is 16.1. The molecule has 28 heavy (non-hydrogen) atoms. The smallest absolute Gasteiger partial charge is 0.221 e. The molecule has 0 spiro atoms. The van der Waals surface area contributed by atoms with Crippen molar-refractivity contribution in [3.8, 4) is 0 Å². The summed E-state index contributed by atoms with van der Waals surface area (Å²) in [5, 5.41) is 5.44. The van der Waals surface area contributed by atoms with Crippen molar-refractivity contribution in [1.82, 2.24) is 10.3 Å². The van der Waals surface area contributed by atoms with E-state index in [0.29, 0.717) is 12.5 Å². The molecule has 2 aromatic rings. The Morgan fingerprint density at radius 3 is 2.93 bits per heavy atom. The van der Waals surface area contributed by atoms with Crippen molar-refractivity contribution in [2.45, 2.75) is 31.3 Å². The molecule has 3 heterocycles. The first-order valence-electron chi connectivity index (χ1n) is 9.59. The minimum atomic E-state index is 0.0272. The fraction of sp³-hybridized carbons (Fsp3) is 0.500. The summed E-state index contributed by atoms with van der Waals surface area (Å²) in [6.07, 6.45) is 2.46. The van der Waals surface area contributed by atoms with E-state index in [1.54, 1.807) is 18.8 Å². The van der Waals surface area contributed by atoms with Gasteiger partial charge in [0.15, 0.2) is 0 Å². The number of aromatic nitrogens is 1. The fourth-order valence-corrected chi connectivity index (χ4v) is 5.09. The molecule has 0 aliphatic carbocycles. The number of aromatic amines is 1. The van der Waals surface area contributed by atoms with E-state index in [4.69, 9.17) is 21.3 Å². The van der Waals surface area contributed by atoms with Crippen LogP contribution in [-0.4, -0.2) is 61.1 Å². The number of amides is 1. The highest BCUT2D eigenvalue weighted by molar-refractivity contribution is 8.14. The molecule has 1 fully saturated rings. The Kier molecular flexibility index (Phi) is 5.85. The molecule has 0 unspecified atom stereocenters. The lowest BCUT2D eigenvalue weighted by atomic mass is 10.1. The average Bonchev–Trinajstić information content (AvgIpc) is 3.34. The highest BCUT2D eigenvalue weighted by Gasteiger charge is 2.25. The van der Waals surface area contributed by atoms with Crippen LogP contribution in [0, 0.1) is 0 Å². The number of rotatable bonds is 5. The number of benzene rings is 1. The zero-order chi connectivity index (χ0) is 19.7. The summed E-state index contributed by atoms with van der Waals surface area (Å²) in [6, 6.07) is 6.59. The van der Waals surface area contributed by atoms with E-state index in [1.807, 2.05) is 12.1 Å². The second kappa shape index (κ2) is 8.35. The molecule has 1 atom stereocenters. The maximum absolute atomic E-state index is 11.6. The van der Waals surface area contributed by atoms with E-state index >= 15 is 0 Å². The number of aliphatic imine (C=N–C) groups is 1. The van der Waals surface area contributed by atoms with Gasteiger partial charge in [0.2, 0.25) is 5.91 Å². The van der Waals surface area contributed by atoms with Crippen molar-refractivity contribution in [2.75, 3.05) is 38.0 Å². The second-order valence-corrected chi connectivity index (χ2v) is 8.75. The van der Waals surface area contributed by atoms with Gasteiger partial charge >= 0.3 is 0 Å². The minimum absolute atomic E-state index is 0.0272. The lowest BCUT2D eigenvalue weighted by Crippen LogP contribution is -2.36. The third-order valence-electron chi connectivity index (χ3n) is 5.43. The van der Waals surface area contributed by atoms with Crippen molar-refractivity contribution in [2.24, 2.45) is 4.99 Å². The standard InChI is InChI=1S/C20H25ClN4O2S/c1-22-18(26)10-14-11-28-20(23-14)16-8-12-7-13(21)9-17(19(12)24-16)25(2)15-3-5-27-6-4-15/h7-9,14-15,24H,3-6,10-11H2,1-2H3,(H,22,26)/t14-/m1/s1. The molecular formula is C20H25ClN4O2S. The summed E-state index contributed by atoms with van der Waals surface area (Å²) >= 11 is 8.12. The number of halogens is 1. The van der Waals surface area contributed by atoms with Gasteiger partial charge in [0.25, 0.3) is 0 Å². The van der Waals surface area contributed by atoms with Crippen molar-refractivity contribution in [3.63, 3.8) is 0 Å². The second-order valence-electron chi connectivity index (χ2n) is 7.30. The highest BCUT2D eigenvalue weighted by atomic mass is 35.5. The van der Waals surface area contributed by atoms with Gasteiger partial charge in [0.05, 0.1) is 22.9 Å². The molecule has 4 rings (SSSR count). The minimum Gasteiger partial charge on any atom is -0.381 e. The number of thioether (sulfide) groups is 1. The summed E-state index contributed by atoms with van der Waals surface area (Å²) in [5.74, 6) is 0.854. The lowest BCUT2D eigenvalue weighted by molar-refractivity contribution is -0.120. The number of hydrogen-bond donors (Lipinski definition) is 2. The highest BCUT2D eigenvalue weighted by Crippen LogP contribution is 2.35. The molecule has 1 saturated heterocycles. The van der Waals surface area contributed by atoms with Crippen LogP contribution in [0.3, 0.4) is 0 Å². The predicted molar refractivity (Wildman–Crippen MR) is 117 cm³/mol. The van der Waals surface area contributed by atoms with Crippen LogP contribution in [0.2, 0.25) is 5.02 Å². The molecule has 0 bridgehead atoms. The van der Waals surface area contributed by atoms with Gasteiger partial charge in [0.1, 0.15) is 5.04 Å². The summed E-state index contributed by atoms with van der Waals surface area (Å²) in [5.41, 5.74) is 3.17. The summed E-state index contributed by atoms with van der Waals surface area (Å²) in [6.45, 7) is 1.60. The first-order chi connectivity index (χ1) is 13.5. The first kappa shape index (κ1) is 19.6. The number of nitrogens with one attached hydrogen (secondary N) is 2. The van der Waals surface area contributed by atoms with Gasteiger partial charge in [0, 0.05) is 55.9 Å². The van der Waals surface area contributed by atoms with Gasteiger partial charge in [-0.1, -0.05) is 11.6 Å². The SMILES string of the molecule is CNC(=O)C[C@@H]1CSC(c2cc3cc(Cl)cc(N(C)C4CCOCC4)c3[nH]2)=N1. The maximum atomic E-state index is 11.6. The van der Waals surface area contributed by atoms with Crippen LogP contribution in [-0.2, 0) is 9.53 Å². The van der Waals surface area contributed by atoms with Gasteiger partial charge in [-0.15, -0.1) is 11.8 Å². The number of ether oxygens (including phenoxy) is 1. The number of hydrogen-bond acceptors (Lipinski definition) is 5. The van der Waals surface area contributed by atoms with E-state index in [2.05, 4.69) is 28.3 Å². The van der Waals surface area contributed by atoms with E-state index in [-0.39, 0.29) is 11.9 Å². The third kappa shape index (κ3) is 4.02. The van der Waals surface area contributed by atoms with E-state index in [9.17, 15) is 4.79 Å². The van der Waals surface area contributed by atoms with Gasteiger partial charge in [-0.25, -0.2) is 0 Å². The molecule has 1 aromatic heterocycles. The molecule has 8 heteroatoms. The Hall–Kier alpha value is -1.70. The van der Waals surface area contributed by atoms with Crippen LogP contribution in [0.5, 0.6) is 0 Å². The van der Waals surface area contributed by atoms with Gasteiger partial charge in [-0.2, -0.15) is 0 Å². The third-order valence-corrected chi connectivity index (χ3v) is 6.80. The number of nitrogens with zero attached hydrogens (tertiary/aromatic N) is 2. The van der Waals surface area contributed by atoms with Crippen molar-refractivity contribution in [3.05, 3.63) is 28.9 Å². The zero-order valence-corrected chi connectivity index (χ0v) is 17.7. The number of H-pyrrole nitrogens is 1. The molecule has 150 valence electrons. The Labute approximate surface area is 174 Å². The number of anilines is 1. The molecule has 1 amide bonds. The Morgan fingerprint density at radius 2 is 2.18 bits per heavy atom. The van der Waals surface area contributed by atoms with Crippen molar-refractivity contribution < 1.29 is 9.53 Å². The molecule has 6 nitrogen and oxygen atoms in total. The molecule has 0 saturated carbocycles. The van der Waals surface area contributed by atoms with Crippen molar-refractivity contribution >= 4 is 50.9 Å². The summed E-state index contributed by atoms with van der Waals surface area (Å²) in [7, 11) is 3.79. The summed E-state index contributed by atoms with van der Waals surface area (Å²) < 4.78 is 5.51. The Morgan fingerprint density at radius 1 is 1.39 bits per heavy atom. The van der Waals surface area contributed by atoms with Crippen LogP contribution >= 0.6 is 23.4 Å². The molecular weight excluding hydrogens is 396 g/mol. The molecule has 2 aliphatic rings.